The van der Waals surface area contributed by atoms with Gasteiger partial charge < -0.3 is 19.8 Å². The molecular formula is C9H12FN3O6. The molecule has 106 valence electrons. The number of nitrogens with two attached hydrogens (primary N) is 1. The van der Waals surface area contributed by atoms with Gasteiger partial charge in [-0.2, -0.15) is 4.39 Å². The van der Waals surface area contributed by atoms with E-state index in [9.17, 15) is 24.2 Å². The second-order valence-electron chi connectivity index (χ2n) is 4.02. The molecule has 1 saturated heterocycles. The fourth-order valence-corrected chi connectivity index (χ4v) is 1.84. The summed E-state index contributed by atoms with van der Waals surface area (Å²) in [6, 6.07) is 0. The Bertz CT molecular complexity index is 572. The quantitative estimate of drug-likeness (QED) is 0.437. The SMILES string of the molecule is NOC[C@@H]1O[C@H](n2cc(F)c(=O)[nH]c2=O)C(O)C1O. The molecule has 0 amide bonds. The normalized spacial score (nSPS) is 30.7. The van der Waals surface area contributed by atoms with Crippen LogP contribution in [0.2, 0.25) is 0 Å². The second-order valence-corrected chi connectivity index (χ2v) is 4.02. The summed E-state index contributed by atoms with van der Waals surface area (Å²) in [5, 5.41) is 19.4. The molecule has 1 aromatic heterocycles. The van der Waals surface area contributed by atoms with E-state index in [1.807, 2.05) is 0 Å². The Kier molecular flexibility index (Phi) is 3.78. The number of nitrogens with zero attached hydrogens (tertiary/aromatic N) is 1. The van der Waals surface area contributed by atoms with Crippen LogP contribution in [0.1, 0.15) is 6.23 Å². The van der Waals surface area contributed by atoms with Gasteiger partial charge in [0, 0.05) is 0 Å². The number of aliphatic hydroxyl groups is 2. The second kappa shape index (κ2) is 5.19. The van der Waals surface area contributed by atoms with Crippen LogP contribution in [0.3, 0.4) is 0 Å². The fourth-order valence-electron chi connectivity index (χ4n) is 1.84. The lowest BCUT2D eigenvalue weighted by molar-refractivity contribution is -0.0692. The highest BCUT2D eigenvalue weighted by Crippen LogP contribution is 2.28. The van der Waals surface area contributed by atoms with Crippen LogP contribution in [0.25, 0.3) is 0 Å². The summed E-state index contributed by atoms with van der Waals surface area (Å²) in [7, 11) is 0. The van der Waals surface area contributed by atoms with Gasteiger partial charge in [-0.1, -0.05) is 0 Å². The Balaban J connectivity index is 2.35. The van der Waals surface area contributed by atoms with Gasteiger partial charge in [0.1, 0.15) is 18.3 Å². The Hall–Kier alpha value is -1.59. The van der Waals surface area contributed by atoms with Gasteiger partial charge in [-0.05, 0) is 0 Å². The third kappa shape index (κ3) is 2.43. The first-order valence-corrected chi connectivity index (χ1v) is 5.30. The number of aromatic amines is 1. The molecule has 0 aliphatic carbocycles. The van der Waals surface area contributed by atoms with Gasteiger partial charge in [-0.3, -0.25) is 14.3 Å². The van der Waals surface area contributed by atoms with Crippen molar-refractivity contribution in [3.63, 3.8) is 0 Å². The van der Waals surface area contributed by atoms with Crippen molar-refractivity contribution in [1.82, 2.24) is 9.55 Å². The summed E-state index contributed by atoms with van der Waals surface area (Å²) in [5.41, 5.74) is -2.16. The van der Waals surface area contributed by atoms with E-state index >= 15 is 0 Å². The zero-order valence-corrected chi connectivity index (χ0v) is 9.52. The first-order valence-electron chi connectivity index (χ1n) is 5.30. The Morgan fingerprint density at radius 1 is 1.47 bits per heavy atom. The minimum absolute atomic E-state index is 0.227. The van der Waals surface area contributed by atoms with E-state index in [1.54, 1.807) is 4.98 Å². The number of H-pyrrole nitrogens is 1. The molecule has 1 aliphatic heterocycles. The summed E-state index contributed by atoms with van der Waals surface area (Å²) in [6.45, 7) is -0.227. The van der Waals surface area contributed by atoms with Crippen molar-refractivity contribution in [2.24, 2.45) is 5.90 Å². The van der Waals surface area contributed by atoms with Gasteiger partial charge in [0.15, 0.2) is 6.23 Å². The van der Waals surface area contributed by atoms with Crippen molar-refractivity contribution >= 4 is 0 Å². The summed E-state index contributed by atoms with van der Waals surface area (Å²) in [5.74, 6) is 3.61. The van der Waals surface area contributed by atoms with Crippen LogP contribution in [0.5, 0.6) is 0 Å². The number of rotatable bonds is 3. The van der Waals surface area contributed by atoms with E-state index in [2.05, 4.69) is 4.84 Å². The van der Waals surface area contributed by atoms with Crippen molar-refractivity contribution in [1.29, 1.82) is 0 Å². The number of ether oxygens (including phenoxy) is 1. The third-order valence-electron chi connectivity index (χ3n) is 2.80. The van der Waals surface area contributed by atoms with E-state index in [0.29, 0.717) is 10.8 Å². The molecule has 4 atom stereocenters. The van der Waals surface area contributed by atoms with Crippen molar-refractivity contribution in [3.05, 3.63) is 32.9 Å². The predicted molar refractivity (Wildman–Crippen MR) is 57.3 cm³/mol. The van der Waals surface area contributed by atoms with Gasteiger partial charge in [0.05, 0.1) is 12.8 Å². The standard InChI is InChI=1S/C9H12FN3O6/c10-3-1-13(9(17)12-7(3)16)8-6(15)5(14)4(19-8)2-18-11/h1,4-6,8,14-15H,2,11H2,(H,12,16,17)/t4-,5?,6?,8-/m0/s1. The minimum Gasteiger partial charge on any atom is -0.387 e. The van der Waals surface area contributed by atoms with Crippen LogP contribution in [0.4, 0.5) is 4.39 Å². The number of hydrogen-bond donors (Lipinski definition) is 4. The third-order valence-corrected chi connectivity index (χ3v) is 2.80. The van der Waals surface area contributed by atoms with Crippen LogP contribution in [-0.2, 0) is 9.57 Å². The maximum absolute atomic E-state index is 13.1. The van der Waals surface area contributed by atoms with E-state index in [4.69, 9.17) is 10.6 Å². The van der Waals surface area contributed by atoms with Gasteiger partial charge in [-0.25, -0.2) is 10.7 Å². The molecule has 0 saturated carbocycles. The maximum atomic E-state index is 13.1. The highest BCUT2D eigenvalue weighted by Gasteiger charge is 2.44. The van der Waals surface area contributed by atoms with Crippen LogP contribution < -0.4 is 17.1 Å². The lowest BCUT2D eigenvalue weighted by atomic mass is 10.1. The highest BCUT2D eigenvalue weighted by atomic mass is 19.1. The summed E-state index contributed by atoms with van der Waals surface area (Å²) in [6.07, 6.45) is -4.60. The van der Waals surface area contributed by atoms with Gasteiger partial charge in [0.2, 0.25) is 5.82 Å². The zero-order valence-electron chi connectivity index (χ0n) is 9.52. The van der Waals surface area contributed by atoms with E-state index < -0.39 is 41.6 Å². The predicted octanol–water partition coefficient (Wildman–Crippen LogP) is -2.81. The van der Waals surface area contributed by atoms with E-state index in [0.717, 1.165) is 0 Å². The van der Waals surface area contributed by atoms with Crippen LogP contribution >= 0.6 is 0 Å². The average Bonchev–Trinajstić information content (AvgIpc) is 2.63. The maximum Gasteiger partial charge on any atom is 0.330 e. The lowest BCUT2D eigenvalue weighted by Gasteiger charge is -2.16. The van der Waals surface area contributed by atoms with Crippen molar-refractivity contribution in [3.8, 4) is 0 Å². The monoisotopic (exact) mass is 277 g/mol. The first-order chi connectivity index (χ1) is 8.95. The van der Waals surface area contributed by atoms with Crippen molar-refractivity contribution in [2.45, 2.75) is 24.5 Å². The number of aliphatic hydroxyl groups excluding tert-OH is 2. The molecule has 9 nitrogen and oxygen atoms in total. The molecule has 2 rings (SSSR count). The van der Waals surface area contributed by atoms with Crippen LogP contribution in [-0.4, -0.2) is 44.7 Å². The van der Waals surface area contributed by atoms with E-state index in [-0.39, 0.29) is 6.61 Å². The molecule has 5 N–H and O–H groups in total. The highest BCUT2D eigenvalue weighted by molar-refractivity contribution is 4.94. The number of hydrogen-bond acceptors (Lipinski definition) is 7. The molecule has 0 bridgehead atoms. The average molecular weight is 277 g/mol. The van der Waals surface area contributed by atoms with Gasteiger partial charge in [-0.15, -0.1) is 0 Å². The number of nitrogens with one attached hydrogen (secondary N) is 1. The number of halogens is 1. The molecule has 1 aliphatic rings. The van der Waals surface area contributed by atoms with Crippen molar-refractivity contribution < 1.29 is 24.2 Å². The molecule has 19 heavy (non-hydrogen) atoms. The van der Waals surface area contributed by atoms with Gasteiger partial charge in [0.25, 0.3) is 5.56 Å². The molecular weight excluding hydrogens is 265 g/mol. The zero-order chi connectivity index (χ0) is 14.2. The molecule has 10 heteroatoms. The molecule has 2 unspecified atom stereocenters. The first kappa shape index (κ1) is 13.8. The minimum atomic E-state index is -1.50. The largest absolute Gasteiger partial charge is 0.387 e. The fraction of sp³-hybridized carbons (Fsp3) is 0.556. The molecule has 1 fully saturated rings. The summed E-state index contributed by atoms with van der Waals surface area (Å²) >= 11 is 0. The van der Waals surface area contributed by atoms with E-state index in [1.165, 1.54) is 0 Å². The Morgan fingerprint density at radius 2 is 2.16 bits per heavy atom. The van der Waals surface area contributed by atoms with Crippen molar-refractivity contribution in [2.75, 3.05) is 6.61 Å². The molecule has 0 aromatic carbocycles. The van der Waals surface area contributed by atoms with Crippen LogP contribution in [0, 0.1) is 5.82 Å². The molecule has 1 aromatic rings. The summed E-state index contributed by atoms with van der Waals surface area (Å²) < 4.78 is 18.9. The Labute approximate surface area is 104 Å². The molecule has 2 heterocycles. The topological polar surface area (TPSA) is 140 Å². The Morgan fingerprint density at radius 3 is 2.79 bits per heavy atom. The van der Waals surface area contributed by atoms with Gasteiger partial charge >= 0.3 is 5.69 Å². The lowest BCUT2D eigenvalue weighted by Crippen LogP contribution is -2.38. The molecule has 0 radical (unpaired) electrons. The smallest absolute Gasteiger partial charge is 0.330 e. The van der Waals surface area contributed by atoms with Crippen LogP contribution in [0.15, 0.2) is 15.8 Å². The summed E-state index contributed by atoms with van der Waals surface area (Å²) in [4.78, 5) is 28.4. The number of aromatic nitrogens is 2. The molecule has 0 spiro atoms.